The molecule has 0 aromatic heterocycles. The minimum absolute atomic E-state index is 0.308. The van der Waals surface area contributed by atoms with Crippen LogP contribution in [0.1, 0.15) is 20.8 Å². The van der Waals surface area contributed by atoms with Crippen molar-refractivity contribution in [1.29, 1.82) is 0 Å². The number of sulfonamides is 1. The van der Waals surface area contributed by atoms with Gasteiger partial charge < -0.3 is 0 Å². The summed E-state index contributed by atoms with van der Waals surface area (Å²) >= 11 is 0. The Hall–Kier alpha value is -0.0900. The zero-order chi connectivity index (χ0) is 8.36. The summed E-state index contributed by atoms with van der Waals surface area (Å²) in [5.41, 5.74) is 0. The summed E-state index contributed by atoms with van der Waals surface area (Å²) in [5.74, 6) is 0. The van der Waals surface area contributed by atoms with Crippen molar-refractivity contribution in [2.75, 3.05) is 13.6 Å². The zero-order valence-corrected chi connectivity index (χ0v) is 7.77. The fourth-order valence-electron chi connectivity index (χ4n) is 0.540. The van der Waals surface area contributed by atoms with E-state index in [-0.39, 0.29) is 5.25 Å². The molecule has 3 nitrogen and oxygen atoms in total. The number of hydrogen-bond donors (Lipinski definition) is 0. The number of nitrogens with zero attached hydrogens (tertiary/aromatic N) is 1. The molecule has 0 aromatic rings. The lowest BCUT2D eigenvalue weighted by Gasteiger charge is -2.16. The van der Waals surface area contributed by atoms with Crippen LogP contribution in [0.5, 0.6) is 0 Å². The normalized spacial score (nSPS) is 13.0. The van der Waals surface area contributed by atoms with E-state index in [0.29, 0.717) is 6.54 Å². The first kappa shape index (κ1) is 9.91. The summed E-state index contributed by atoms with van der Waals surface area (Å²) in [6, 6.07) is 0. The molecule has 0 saturated carbocycles. The molecule has 0 amide bonds. The summed E-state index contributed by atoms with van der Waals surface area (Å²) in [6.45, 7) is 5.73. The van der Waals surface area contributed by atoms with Crippen LogP contribution in [0.15, 0.2) is 0 Å². The van der Waals surface area contributed by atoms with Crippen molar-refractivity contribution in [2.24, 2.45) is 0 Å². The maximum absolute atomic E-state index is 11.2. The molecular weight excluding hydrogens is 150 g/mol. The van der Waals surface area contributed by atoms with Gasteiger partial charge in [0.15, 0.2) is 0 Å². The maximum atomic E-state index is 11.2. The summed E-state index contributed by atoms with van der Waals surface area (Å²) in [5, 5.41) is -0.308. The first-order chi connectivity index (χ1) is 4.42. The molecule has 0 fully saturated rings. The Bertz CT molecular complexity index is 184. The highest BCUT2D eigenvalue weighted by molar-refractivity contribution is 7.89. The first-order valence-electron chi connectivity index (χ1n) is 3.38. The molecule has 0 saturated heterocycles. The zero-order valence-electron chi connectivity index (χ0n) is 6.96. The average Bonchev–Trinajstić information content (AvgIpc) is 1.86. The molecule has 10 heavy (non-hydrogen) atoms. The standard InChI is InChI=1S/C6H15NO2S/c1-5-7(4)10(8,9)6(2)3/h6H,5H2,1-4H3. The van der Waals surface area contributed by atoms with Gasteiger partial charge in [-0.3, -0.25) is 0 Å². The molecular formula is C6H15NO2S. The van der Waals surface area contributed by atoms with Crippen molar-refractivity contribution in [3.63, 3.8) is 0 Å². The Labute approximate surface area is 63.1 Å². The molecule has 0 atom stereocenters. The topological polar surface area (TPSA) is 37.4 Å². The van der Waals surface area contributed by atoms with E-state index in [0.717, 1.165) is 0 Å². The lowest BCUT2D eigenvalue weighted by molar-refractivity contribution is 0.478. The smallest absolute Gasteiger partial charge is 0.212 e. The summed E-state index contributed by atoms with van der Waals surface area (Å²) in [6.07, 6.45) is 0. The second-order valence-electron chi connectivity index (χ2n) is 2.51. The van der Waals surface area contributed by atoms with Gasteiger partial charge in [-0.1, -0.05) is 6.92 Å². The Balaban J connectivity index is 4.42. The van der Waals surface area contributed by atoms with Crippen LogP contribution in [0.3, 0.4) is 0 Å². The number of hydrogen-bond acceptors (Lipinski definition) is 2. The Morgan fingerprint density at radius 1 is 1.40 bits per heavy atom. The van der Waals surface area contributed by atoms with Crippen LogP contribution in [0.2, 0.25) is 0 Å². The van der Waals surface area contributed by atoms with E-state index in [2.05, 4.69) is 0 Å². The van der Waals surface area contributed by atoms with Gasteiger partial charge in [0.05, 0.1) is 5.25 Å². The van der Waals surface area contributed by atoms with Gasteiger partial charge in [0, 0.05) is 13.6 Å². The van der Waals surface area contributed by atoms with Crippen LogP contribution in [-0.2, 0) is 10.0 Å². The predicted octanol–water partition coefficient (Wildman–Crippen LogP) is 0.676. The van der Waals surface area contributed by atoms with Crippen molar-refractivity contribution < 1.29 is 8.42 Å². The first-order valence-corrected chi connectivity index (χ1v) is 4.88. The molecule has 0 aliphatic heterocycles. The molecule has 0 unspecified atom stereocenters. The molecule has 0 bridgehead atoms. The fraction of sp³-hybridized carbons (Fsp3) is 1.00. The monoisotopic (exact) mass is 165 g/mol. The number of rotatable bonds is 3. The molecule has 0 aromatic carbocycles. The van der Waals surface area contributed by atoms with E-state index in [1.807, 2.05) is 6.92 Å². The highest BCUT2D eigenvalue weighted by atomic mass is 32.2. The summed E-state index contributed by atoms with van der Waals surface area (Å²) in [4.78, 5) is 0. The van der Waals surface area contributed by atoms with Gasteiger partial charge in [-0.2, -0.15) is 0 Å². The van der Waals surface area contributed by atoms with Gasteiger partial charge in [-0.05, 0) is 13.8 Å². The quantitative estimate of drug-likeness (QED) is 0.616. The molecule has 0 aliphatic rings. The average molecular weight is 165 g/mol. The fourth-order valence-corrected chi connectivity index (χ4v) is 1.62. The second-order valence-corrected chi connectivity index (χ2v) is 5.10. The van der Waals surface area contributed by atoms with Gasteiger partial charge in [0.2, 0.25) is 10.0 Å². The van der Waals surface area contributed by atoms with Crippen LogP contribution >= 0.6 is 0 Å². The van der Waals surface area contributed by atoms with Crippen LogP contribution < -0.4 is 0 Å². The highest BCUT2D eigenvalue weighted by Crippen LogP contribution is 2.04. The Morgan fingerprint density at radius 3 is 1.90 bits per heavy atom. The summed E-state index contributed by atoms with van der Waals surface area (Å²) in [7, 11) is -1.40. The molecule has 0 N–H and O–H groups in total. The van der Waals surface area contributed by atoms with Gasteiger partial charge in [0.25, 0.3) is 0 Å². The van der Waals surface area contributed by atoms with Gasteiger partial charge in [-0.25, -0.2) is 12.7 Å². The van der Waals surface area contributed by atoms with Crippen molar-refractivity contribution in [3.05, 3.63) is 0 Å². The van der Waals surface area contributed by atoms with Gasteiger partial charge in [0.1, 0.15) is 0 Å². The van der Waals surface area contributed by atoms with Crippen molar-refractivity contribution >= 4 is 10.0 Å². The lowest BCUT2D eigenvalue weighted by atomic mass is 10.6. The highest BCUT2D eigenvalue weighted by Gasteiger charge is 2.19. The van der Waals surface area contributed by atoms with Gasteiger partial charge >= 0.3 is 0 Å². The lowest BCUT2D eigenvalue weighted by Crippen LogP contribution is -2.32. The third-order valence-electron chi connectivity index (χ3n) is 1.48. The van der Waals surface area contributed by atoms with Gasteiger partial charge in [-0.15, -0.1) is 0 Å². The molecule has 62 valence electrons. The van der Waals surface area contributed by atoms with Crippen LogP contribution in [0.25, 0.3) is 0 Å². The van der Waals surface area contributed by atoms with E-state index in [4.69, 9.17) is 0 Å². The molecule has 0 rings (SSSR count). The van der Waals surface area contributed by atoms with E-state index in [1.165, 1.54) is 4.31 Å². The van der Waals surface area contributed by atoms with Crippen molar-refractivity contribution in [3.8, 4) is 0 Å². The van der Waals surface area contributed by atoms with Crippen LogP contribution in [0, 0.1) is 0 Å². The van der Waals surface area contributed by atoms with Crippen LogP contribution in [0.4, 0.5) is 0 Å². The SMILES string of the molecule is CCN(C)S(=O)(=O)C(C)C. The third kappa shape index (κ3) is 1.95. The molecule has 0 heterocycles. The molecule has 0 radical (unpaired) electrons. The molecule has 4 heteroatoms. The molecule has 0 aliphatic carbocycles. The van der Waals surface area contributed by atoms with E-state index in [1.54, 1.807) is 20.9 Å². The minimum atomic E-state index is -2.99. The molecule has 0 spiro atoms. The van der Waals surface area contributed by atoms with Crippen molar-refractivity contribution in [2.45, 2.75) is 26.0 Å². The van der Waals surface area contributed by atoms with Crippen LogP contribution in [-0.4, -0.2) is 31.6 Å². The second kappa shape index (κ2) is 3.34. The predicted molar refractivity (Wildman–Crippen MR) is 42.4 cm³/mol. The summed E-state index contributed by atoms with van der Waals surface area (Å²) < 4.78 is 23.7. The Morgan fingerprint density at radius 2 is 1.80 bits per heavy atom. The largest absolute Gasteiger partial charge is 0.216 e. The minimum Gasteiger partial charge on any atom is -0.212 e. The third-order valence-corrected chi connectivity index (χ3v) is 3.79. The van der Waals surface area contributed by atoms with Crippen molar-refractivity contribution in [1.82, 2.24) is 4.31 Å². The maximum Gasteiger partial charge on any atom is 0.216 e. The Kier molecular flexibility index (Phi) is 3.31. The van der Waals surface area contributed by atoms with E-state index >= 15 is 0 Å². The van der Waals surface area contributed by atoms with E-state index in [9.17, 15) is 8.42 Å². The van der Waals surface area contributed by atoms with E-state index < -0.39 is 10.0 Å².